The van der Waals surface area contributed by atoms with E-state index in [1.807, 2.05) is 18.2 Å². The molecule has 0 atom stereocenters. The first-order chi connectivity index (χ1) is 9.10. The van der Waals surface area contributed by atoms with E-state index in [1.165, 1.54) is 18.2 Å². The van der Waals surface area contributed by atoms with Crippen molar-refractivity contribution in [2.75, 3.05) is 5.32 Å². The Labute approximate surface area is 127 Å². The van der Waals surface area contributed by atoms with Crippen LogP contribution in [-0.4, -0.2) is 0 Å². The molecule has 0 saturated carbocycles. The molecule has 0 spiro atoms. The van der Waals surface area contributed by atoms with Gasteiger partial charge in [-0.1, -0.05) is 15.9 Å². The van der Waals surface area contributed by atoms with Crippen LogP contribution in [0.1, 0.15) is 11.1 Å². The summed E-state index contributed by atoms with van der Waals surface area (Å²) in [7, 11) is 0. The van der Waals surface area contributed by atoms with Crippen molar-refractivity contribution in [3.63, 3.8) is 0 Å². The summed E-state index contributed by atoms with van der Waals surface area (Å²) < 4.78 is 15.1. The summed E-state index contributed by atoms with van der Waals surface area (Å²) in [6.07, 6.45) is 0. The average molecular weight is 384 g/mol. The normalized spacial score (nSPS) is 10.0. The summed E-state index contributed by atoms with van der Waals surface area (Å²) in [4.78, 5) is 0. The maximum Gasteiger partial charge on any atom is 0.123 e. The van der Waals surface area contributed by atoms with Crippen LogP contribution in [0, 0.1) is 17.1 Å². The molecule has 96 valence electrons. The van der Waals surface area contributed by atoms with Gasteiger partial charge in [0.2, 0.25) is 0 Å². The predicted octanol–water partition coefficient (Wildman–Crippen LogP) is 4.83. The van der Waals surface area contributed by atoms with Crippen molar-refractivity contribution in [1.82, 2.24) is 0 Å². The minimum atomic E-state index is -0.342. The van der Waals surface area contributed by atoms with E-state index in [9.17, 15) is 4.39 Å². The molecule has 1 N–H and O–H groups in total. The second-order valence-corrected chi connectivity index (χ2v) is 5.66. The zero-order valence-corrected chi connectivity index (χ0v) is 12.9. The van der Waals surface area contributed by atoms with E-state index < -0.39 is 0 Å². The second kappa shape index (κ2) is 6.18. The van der Waals surface area contributed by atoms with Gasteiger partial charge in [-0.3, -0.25) is 0 Å². The summed E-state index contributed by atoms with van der Waals surface area (Å²) in [6, 6.07) is 11.9. The molecule has 0 bridgehead atoms. The SMILES string of the molecule is N#Cc1ccc(F)cc1CNc1ccc(Br)cc1Br. The van der Waals surface area contributed by atoms with Gasteiger partial charge in [-0.05, 0) is 57.9 Å². The lowest BCUT2D eigenvalue weighted by Crippen LogP contribution is -2.02. The summed E-state index contributed by atoms with van der Waals surface area (Å²) in [6.45, 7) is 0.390. The zero-order valence-electron chi connectivity index (χ0n) is 9.75. The molecule has 2 nitrogen and oxygen atoms in total. The van der Waals surface area contributed by atoms with Gasteiger partial charge in [0.05, 0.1) is 11.6 Å². The van der Waals surface area contributed by atoms with Gasteiger partial charge in [-0.15, -0.1) is 0 Å². The lowest BCUT2D eigenvalue weighted by Gasteiger charge is -2.10. The van der Waals surface area contributed by atoms with Crippen molar-refractivity contribution in [3.8, 4) is 6.07 Å². The summed E-state index contributed by atoms with van der Waals surface area (Å²) in [5.41, 5.74) is 2.00. The quantitative estimate of drug-likeness (QED) is 0.823. The number of anilines is 1. The number of benzene rings is 2. The highest BCUT2D eigenvalue weighted by molar-refractivity contribution is 9.11. The molecule has 0 fully saturated rings. The van der Waals surface area contributed by atoms with Crippen LogP contribution in [0.3, 0.4) is 0 Å². The van der Waals surface area contributed by atoms with Crippen LogP contribution in [0.4, 0.5) is 10.1 Å². The van der Waals surface area contributed by atoms with Gasteiger partial charge in [-0.25, -0.2) is 4.39 Å². The minimum absolute atomic E-state index is 0.342. The van der Waals surface area contributed by atoms with E-state index in [2.05, 4.69) is 43.2 Å². The van der Waals surface area contributed by atoms with Crippen molar-refractivity contribution in [1.29, 1.82) is 5.26 Å². The largest absolute Gasteiger partial charge is 0.380 e. The van der Waals surface area contributed by atoms with Gasteiger partial charge in [-0.2, -0.15) is 5.26 Å². The van der Waals surface area contributed by atoms with Crippen molar-refractivity contribution in [3.05, 3.63) is 62.3 Å². The summed E-state index contributed by atoms with van der Waals surface area (Å²) in [5.74, 6) is -0.342. The molecule has 0 aliphatic rings. The maximum atomic E-state index is 13.2. The standard InChI is InChI=1S/C14H9Br2FN2/c15-11-2-4-14(13(16)6-11)19-8-10-5-12(17)3-1-9(10)7-18/h1-6,19H,8H2. The Morgan fingerprint density at radius 2 is 1.95 bits per heavy atom. The molecule has 0 unspecified atom stereocenters. The molecule has 5 heteroatoms. The molecule has 2 rings (SSSR count). The van der Waals surface area contributed by atoms with E-state index in [4.69, 9.17) is 5.26 Å². The smallest absolute Gasteiger partial charge is 0.123 e. The van der Waals surface area contributed by atoms with Crippen molar-refractivity contribution in [2.45, 2.75) is 6.54 Å². The molecule has 0 radical (unpaired) electrons. The Bertz CT molecular complexity index is 650. The Kier molecular flexibility index (Phi) is 4.56. The first-order valence-electron chi connectivity index (χ1n) is 5.47. The first-order valence-corrected chi connectivity index (χ1v) is 7.06. The summed E-state index contributed by atoms with van der Waals surface area (Å²) >= 11 is 6.81. The highest BCUT2D eigenvalue weighted by atomic mass is 79.9. The molecule has 0 aliphatic carbocycles. The predicted molar refractivity (Wildman–Crippen MR) is 80.3 cm³/mol. The molecular weight excluding hydrogens is 375 g/mol. The van der Waals surface area contributed by atoms with Gasteiger partial charge in [0.1, 0.15) is 5.82 Å². The number of rotatable bonds is 3. The fourth-order valence-electron chi connectivity index (χ4n) is 1.64. The van der Waals surface area contributed by atoms with Crippen LogP contribution in [0.15, 0.2) is 45.3 Å². The highest BCUT2D eigenvalue weighted by Gasteiger charge is 2.05. The molecular formula is C14H9Br2FN2. The first kappa shape index (κ1) is 14.0. The van der Waals surface area contributed by atoms with E-state index in [1.54, 1.807) is 0 Å². The topological polar surface area (TPSA) is 35.8 Å². The molecule has 2 aromatic carbocycles. The Balaban J connectivity index is 2.19. The van der Waals surface area contributed by atoms with Crippen molar-refractivity contribution >= 4 is 37.5 Å². The van der Waals surface area contributed by atoms with E-state index in [-0.39, 0.29) is 5.82 Å². The monoisotopic (exact) mass is 382 g/mol. The number of nitrogens with zero attached hydrogens (tertiary/aromatic N) is 1. The number of nitrogens with one attached hydrogen (secondary N) is 1. The van der Waals surface area contributed by atoms with Crippen LogP contribution in [-0.2, 0) is 6.54 Å². The Morgan fingerprint density at radius 3 is 2.63 bits per heavy atom. The molecule has 0 heterocycles. The average Bonchev–Trinajstić information content (AvgIpc) is 2.38. The minimum Gasteiger partial charge on any atom is -0.380 e. The van der Waals surface area contributed by atoms with Gasteiger partial charge in [0, 0.05) is 21.2 Å². The van der Waals surface area contributed by atoms with Gasteiger partial charge < -0.3 is 5.32 Å². The van der Waals surface area contributed by atoms with E-state index >= 15 is 0 Å². The van der Waals surface area contributed by atoms with E-state index in [0.717, 1.165) is 14.6 Å². The van der Waals surface area contributed by atoms with Crippen LogP contribution in [0.25, 0.3) is 0 Å². The lowest BCUT2D eigenvalue weighted by atomic mass is 10.1. The summed E-state index contributed by atoms with van der Waals surface area (Å²) in [5, 5.41) is 12.2. The Morgan fingerprint density at radius 1 is 1.16 bits per heavy atom. The van der Waals surface area contributed by atoms with Crippen LogP contribution in [0.2, 0.25) is 0 Å². The number of hydrogen-bond donors (Lipinski definition) is 1. The molecule has 0 saturated heterocycles. The third-order valence-electron chi connectivity index (χ3n) is 2.59. The second-order valence-electron chi connectivity index (χ2n) is 3.89. The third kappa shape index (κ3) is 3.55. The van der Waals surface area contributed by atoms with Crippen LogP contribution in [0.5, 0.6) is 0 Å². The third-order valence-corrected chi connectivity index (χ3v) is 3.74. The highest BCUT2D eigenvalue weighted by Crippen LogP contribution is 2.26. The maximum absolute atomic E-state index is 13.2. The van der Waals surface area contributed by atoms with Crippen molar-refractivity contribution in [2.24, 2.45) is 0 Å². The molecule has 19 heavy (non-hydrogen) atoms. The molecule has 0 aromatic heterocycles. The number of halogens is 3. The van der Waals surface area contributed by atoms with Gasteiger partial charge in [0.25, 0.3) is 0 Å². The fraction of sp³-hybridized carbons (Fsp3) is 0.0714. The van der Waals surface area contributed by atoms with Crippen LogP contribution < -0.4 is 5.32 Å². The van der Waals surface area contributed by atoms with Gasteiger partial charge >= 0.3 is 0 Å². The lowest BCUT2D eigenvalue weighted by molar-refractivity contribution is 0.625. The molecule has 0 aliphatic heterocycles. The molecule has 0 amide bonds. The molecule has 2 aromatic rings. The van der Waals surface area contributed by atoms with Gasteiger partial charge in [0.15, 0.2) is 0 Å². The Hall–Kier alpha value is -1.38. The number of hydrogen-bond acceptors (Lipinski definition) is 2. The van der Waals surface area contributed by atoms with Crippen molar-refractivity contribution < 1.29 is 4.39 Å². The van der Waals surface area contributed by atoms with Crippen LogP contribution >= 0.6 is 31.9 Å². The zero-order chi connectivity index (χ0) is 13.8. The fourth-order valence-corrected chi connectivity index (χ4v) is 2.83. The number of nitriles is 1. The van der Waals surface area contributed by atoms with E-state index in [0.29, 0.717) is 17.7 Å².